The van der Waals surface area contributed by atoms with Gasteiger partial charge in [-0.25, -0.2) is 4.39 Å². The third-order valence-electron chi connectivity index (χ3n) is 3.67. The fraction of sp³-hybridized carbons (Fsp3) is 0.462. The number of ether oxygens (including phenoxy) is 2. The summed E-state index contributed by atoms with van der Waals surface area (Å²) in [5.41, 5.74) is -0.687. The summed E-state index contributed by atoms with van der Waals surface area (Å²) in [6.45, 7) is 0. The lowest BCUT2D eigenvalue weighted by molar-refractivity contribution is -0.277. The van der Waals surface area contributed by atoms with Crippen LogP contribution in [0.5, 0.6) is 0 Å². The van der Waals surface area contributed by atoms with E-state index in [0.29, 0.717) is 5.56 Å². The average Bonchev–Trinajstić information content (AvgIpc) is 2.29. The van der Waals surface area contributed by atoms with E-state index in [1.54, 1.807) is 6.07 Å². The van der Waals surface area contributed by atoms with Gasteiger partial charge in [0.2, 0.25) is 0 Å². The highest BCUT2D eigenvalue weighted by molar-refractivity contribution is 5.83. The molecule has 1 fully saturated rings. The Hall–Kier alpha value is -1.46. The minimum atomic E-state index is -1.13. The number of carboxylic acid groups (broad SMARTS) is 1. The average molecular weight is 254 g/mol. The lowest BCUT2D eigenvalue weighted by Gasteiger charge is -2.51. The van der Waals surface area contributed by atoms with E-state index < -0.39 is 23.0 Å². The SMILES string of the molecule is COC1(OC)CC(C(=O)O)(c2cccc(F)c2)C1. The quantitative estimate of drug-likeness (QED) is 0.834. The zero-order valence-corrected chi connectivity index (χ0v) is 10.3. The number of benzene rings is 1. The molecule has 5 heteroatoms. The Morgan fingerprint density at radius 3 is 2.39 bits per heavy atom. The first-order valence-corrected chi connectivity index (χ1v) is 5.58. The molecule has 1 aliphatic rings. The summed E-state index contributed by atoms with van der Waals surface area (Å²) in [6.07, 6.45) is 0.345. The minimum absolute atomic E-state index is 0.172. The van der Waals surface area contributed by atoms with Crippen molar-refractivity contribution in [2.75, 3.05) is 14.2 Å². The standard InChI is InChI=1S/C13H15FO4/c1-17-13(18-2)7-12(8-13,11(15)16)9-4-3-5-10(14)6-9/h3-6H,7-8H2,1-2H3,(H,15,16). The molecule has 98 valence electrons. The summed E-state index contributed by atoms with van der Waals surface area (Å²) >= 11 is 0. The van der Waals surface area contributed by atoms with Gasteiger partial charge in [0.1, 0.15) is 11.2 Å². The van der Waals surface area contributed by atoms with E-state index in [9.17, 15) is 14.3 Å². The monoisotopic (exact) mass is 254 g/mol. The Balaban J connectivity index is 2.35. The highest BCUT2D eigenvalue weighted by atomic mass is 19.1. The van der Waals surface area contributed by atoms with E-state index in [1.807, 2.05) is 0 Å². The highest BCUT2D eigenvalue weighted by Gasteiger charge is 2.61. The number of halogens is 1. The maximum atomic E-state index is 13.2. The molecule has 4 nitrogen and oxygen atoms in total. The van der Waals surface area contributed by atoms with Crippen molar-refractivity contribution in [2.45, 2.75) is 24.0 Å². The van der Waals surface area contributed by atoms with Crippen molar-refractivity contribution in [1.29, 1.82) is 0 Å². The number of carbonyl (C=O) groups is 1. The second kappa shape index (κ2) is 4.33. The molecule has 0 bridgehead atoms. The predicted octanol–water partition coefficient (Wildman–Crippen LogP) is 1.93. The van der Waals surface area contributed by atoms with Crippen LogP contribution in [0.1, 0.15) is 18.4 Å². The Morgan fingerprint density at radius 1 is 1.33 bits per heavy atom. The van der Waals surface area contributed by atoms with Crippen LogP contribution < -0.4 is 0 Å². The van der Waals surface area contributed by atoms with Crippen molar-refractivity contribution in [3.63, 3.8) is 0 Å². The molecule has 0 unspecified atom stereocenters. The zero-order chi connectivity index (χ0) is 13.4. The van der Waals surface area contributed by atoms with Gasteiger partial charge in [0.25, 0.3) is 0 Å². The van der Waals surface area contributed by atoms with Crippen LogP contribution in [0.15, 0.2) is 24.3 Å². The van der Waals surface area contributed by atoms with Crippen molar-refractivity contribution in [3.05, 3.63) is 35.6 Å². The van der Waals surface area contributed by atoms with Gasteiger partial charge in [-0.05, 0) is 17.7 Å². The topological polar surface area (TPSA) is 55.8 Å². The molecule has 0 radical (unpaired) electrons. The number of hydrogen-bond acceptors (Lipinski definition) is 3. The largest absolute Gasteiger partial charge is 0.481 e. The van der Waals surface area contributed by atoms with E-state index in [1.165, 1.54) is 32.4 Å². The van der Waals surface area contributed by atoms with Gasteiger partial charge < -0.3 is 14.6 Å². The fourth-order valence-electron chi connectivity index (χ4n) is 2.50. The molecule has 0 amide bonds. The molecule has 2 rings (SSSR count). The number of rotatable bonds is 4. The second-order valence-corrected chi connectivity index (χ2v) is 4.57. The Bertz CT molecular complexity index is 460. The zero-order valence-electron chi connectivity index (χ0n) is 10.3. The summed E-state index contributed by atoms with van der Waals surface area (Å²) < 4.78 is 23.6. The second-order valence-electron chi connectivity index (χ2n) is 4.57. The summed E-state index contributed by atoms with van der Waals surface area (Å²) in [4.78, 5) is 11.5. The normalized spacial score (nSPS) is 20.2. The fourth-order valence-corrected chi connectivity index (χ4v) is 2.50. The third-order valence-corrected chi connectivity index (χ3v) is 3.67. The first-order chi connectivity index (χ1) is 8.48. The molecule has 1 aliphatic carbocycles. The molecule has 0 heterocycles. The predicted molar refractivity (Wildman–Crippen MR) is 61.7 cm³/mol. The van der Waals surface area contributed by atoms with E-state index >= 15 is 0 Å². The van der Waals surface area contributed by atoms with Crippen LogP contribution in [0.4, 0.5) is 4.39 Å². The maximum absolute atomic E-state index is 13.2. The highest BCUT2D eigenvalue weighted by Crippen LogP contribution is 2.52. The maximum Gasteiger partial charge on any atom is 0.314 e. The van der Waals surface area contributed by atoms with Crippen molar-refractivity contribution < 1.29 is 23.8 Å². The molecular formula is C13H15FO4. The Morgan fingerprint density at radius 2 is 1.94 bits per heavy atom. The molecule has 1 aromatic rings. The number of carboxylic acids is 1. The molecule has 1 saturated carbocycles. The van der Waals surface area contributed by atoms with Gasteiger partial charge in [-0.2, -0.15) is 0 Å². The van der Waals surface area contributed by atoms with Crippen LogP contribution in [0.2, 0.25) is 0 Å². The van der Waals surface area contributed by atoms with Crippen molar-refractivity contribution in [2.24, 2.45) is 0 Å². The lowest BCUT2D eigenvalue weighted by atomic mass is 9.60. The van der Waals surface area contributed by atoms with Crippen LogP contribution >= 0.6 is 0 Å². The van der Waals surface area contributed by atoms with Gasteiger partial charge in [0.05, 0.1) is 0 Å². The summed E-state index contributed by atoms with van der Waals surface area (Å²) in [5.74, 6) is -2.32. The lowest BCUT2D eigenvalue weighted by Crippen LogP contribution is -2.60. The first-order valence-electron chi connectivity index (χ1n) is 5.58. The van der Waals surface area contributed by atoms with Gasteiger partial charge in [-0.3, -0.25) is 4.79 Å². The summed E-state index contributed by atoms with van der Waals surface area (Å²) in [5, 5.41) is 9.42. The van der Waals surface area contributed by atoms with E-state index in [0.717, 1.165) is 0 Å². The molecule has 0 saturated heterocycles. The van der Waals surface area contributed by atoms with Gasteiger partial charge >= 0.3 is 5.97 Å². The molecule has 0 aliphatic heterocycles. The molecule has 0 aromatic heterocycles. The summed E-state index contributed by atoms with van der Waals surface area (Å²) in [7, 11) is 2.95. The van der Waals surface area contributed by atoms with E-state index in [4.69, 9.17) is 9.47 Å². The number of aliphatic carboxylic acids is 1. The molecule has 18 heavy (non-hydrogen) atoms. The van der Waals surface area contributed by atoms with Crippen molar-refractivity contribution in [1.82, 2.24) is 0 Å². The number of methoxy groups -OCH3 is 2. The third kappa shape index (κ3) is 1.79. The van der Waals surface area contributed by atoms with Gasteiger partial charge in [0, 0.05) is 27.1 Å². The van der Waals surface area contributed by atoms with Crippen LogP contribution in [-0.2, 0) is 19.7 Å². The van der Waals surface area contributed by atoms with Gasteiger partial charge in [0.15, 0.2) is 5.79 Å². The smallest absolute Gasteiger partial charge is 0.314 e. The molecular weight excluding hydrogens is 239 g/mol. The van der Waals surface area contributed by atoms with Gasteiger partial charge in [-0.1, -0.05) is 12.1 Å². The first kappa shape index (κ1) is 13.0. The van der Waals surface area contributed by atoms with Crippen LogP contribution in [-0.4, -0.2) is 31.1 Å². The number of hydrogen-bond donors (Lipinski definition) is 1. The van der Waals surface area contributed by atoms with Crippen LogP contribution in [0.3, 0.4) is 0 Å². The van der Waals surface area contributed by atoms with Crippen molar-refractivity contribution in [3.8, 4) is 0 Å². The Kier molecular flexibility index (Phi) is 3.12. The van der Waals surface area contributed by atoms with Crippen molar-refractivity contribution >= 4 is 5.97 Å². The van der Waals surface area contributed by atoms with Crippen LogP contribution in [0.25, 0.3) is 0 Å². The minimum Gasteiger partial charge on any atom is -0.481 e. The summed E-state index contributed by atoms with van der Waals surface area (Å²) in [6, 6.07) is 5.67. The molecule has 0 atom stereocenters. The molecule has 0 spiro atoms. The van der Waals surface area contributed by atoms with Gasteiger partial charge in [-0.15, -0.1) is 0 Å². The molecule has 1 N–H and O–H groups in total. The molecule has 1 aromatic carbocycles. The Labute approximate surface area is 104 Å². The van der Waals surface area contributed by atoms with E-state index in [-0.39, 0.29) is 12.8 Å². The van der Waals surface area contributed by atoms with Crippen LogP contribution in [0, 0.1) is 5.82 Å². The van der Waals surface area contributed by atoms with E-state index in [2.05, 4.69) is 0 Å².